The Balaban J connectivity index is 2.18. The Kier molecular flexibility index (Phi) is 2.58. The summed E-state index contributed by atoms with van der Waals surface area (Å²) < 4.78 is 5.25. The summed E-state index contributed by atoms with van der Waals surface area (Å²) in [6, 6.07) is 0. The minimum atomic E-state index is 0.516. The highest BCUT2D eigenvalue weighted by Gasteiger charge is 2.23. The van der Waals surface area contributed by atoms with Crippen molar-refractivity contribution in [1.29, 1.82) is 0 Å². The minimum absolute atomic E-state index is 0.516. The van der Waals surface area contributed by atoms with Crippen LogP contribution < -0.4 is 0 Å². The second-order valence-corrected chi connectivity index (χ2v) is 4.16. The van der Waals surface area contributed by atoms with Crippen LogP contribution in [0.2, 0.25) is 5.02 Å². The van der Waals surface area contributed by atoms with Gasteiger partial charge >= 0.3 is 0 Å². The number of hydrogen-bond acceptors (Lipinski definition) is 2. The monoisotopic (exact) mass is 199 g/mol. The molecule has 0 saturated heterocycles. The third kappa shape index (κ3) is 1.73. The largest absolute Gasteiger partial charge is 0.359 e. The number of hydrogen-bond donors (Lipinski definition) is 0. The van der Waals surface area contributed by atoms with Gasteiger partial charge in [0.1, 0.15) is 5.02 Å². The average Bonchev–Trinajstić information content (AvgIpc) is 2.49. The molecule has 1 aliphatic rings. The fourth-order valence-corrected chi connectivity index (χ4v) is 2.22. The van der Waals surface area contributed by atoms with Crippen molar-refractivity contribution in [1.82, 2.24) is 5.16 Å². The van der Waals surface area contributed by atoms with Crippen LogP contribution in [0.3, 0.4) is 0 Å². The van der Waals surface area contributed by atoms with E-state index in [-0.39, 0.29) is 0 Å². The summed E-state index contributed by atoms with van der Waals surface area (Å²) in [5.41, 5.74) is 0.822. The summed E-state index contributed by atoms with van der Waals surface area (Å²) in [6.07, 6.45) is 6.34. The Morgan fingerprint density at radius 2 is 2.00 bits per heavy atom. The zero-order valence-corrected chi connectivity index (χ0v) is 8.60. The van der Waals surface area contributed by atoms with Gasteiger partial charge in [0.05, 0.1) is 5.69 Å². The normalized spacial score (nSPS) is 19.2. The van der Waals surface area contributed by atoms with E-state index in [2.05, 4.69) is 5.16 Å². The Morgan fingerprint density at radius 1 is 1.31 bits per heavy atom. The predicted octanol–water partition coefficient (Wildman–Crippen LogP) is 3.68. The van der Waals surface area contributed by atoms with Crippen molar-refractivity contribution in [2.75, 3.05) is 0 Å². The first-order chi connectivity index (χ1) is 6.29. The Bertz CT molecular complexity index is 289. The van der Waals surface area contributed by atoms with Crippen LogP contribution in [0.5, 0.6) is 0 Å². The van der Waals surface area contributed by atoms with E-state index < -0.39 is 0 Å². The van der Waals surface area contributed by atoms with Gasteiger partial charge in [-0.1, -0.05) is 36.0 Å². The van der Waals surface area contributed by atoms with Crippen LogP contribution in [-0.4, -0.2) is 5.16 Å². The van der Waals surface area contributed by atoms with Crippen molar-refractivity contribution in [3.63, 3.8) is 0 Å². The summed E-state index contributed by atoms with van der Waals surface area (Å²) in [5, 5.41) is 4.63. The molecule has 0 aromatic carbocycles. The molecule has 3 heteroatoms. The van der Waals surface area contributed by atoms with Gasteiger partial charge in [-0.25, -0.2) is 0 Å². The molecule has 1 aromatic rings. The first kappa shape index (κ1) is 9.07. The van der Waals surface area contributed by atoms with Crippen LogP contribution in [-0.2, 0) is 0 Å². The third-order valence-electron chi connectivity index (χ3n) is 2.79. The molecule has 0 radical (unpaired) electrons. The zero-order chi connectivity index (χ0) is 9.26. The minimum Gasteiger partial charge on any atom is -0.359 e. The summed E-state index contributed by atoms with van der Waals surface area (Å²) >= 11 is 6.09. The molecular weight excluding hydrogens is 186 g/mol. The first-order valence-electron chi connectivity index (χ1n) is 4.90. The lowest BCUT2D eigenvalue weighted by Crippen LogP contribution is -2.03. The van der Waals surface area contributed by atoms with Crippen LogP contribution in [0.4, 0.5) is 0 Å². The highest BCUT2D eigenvalue weighted by Crippen LogP contribution is 2.37. The van der Waals surface area contributed by atoms with Crippen molar-refractivity contribution in [2.24, 2.45) is 0 Å². The van der Waals surface area contributed by atoms with Crippen molar-refractivity contribution >= 4 is 11.6 Å². The third-order valence-corrected chi connectivity index (χ3v) is 3.25. The molecule has 0 aliphatic heterocycles. The number of rotatable bonds is 1. The van der Waals surface area contributed by atoms with E-state index in [1.807, 2.05) is 6.92 Å². The second-order valence-electron chi connectivity index (χ2n) is 3.78. The summed E-state index contributed by atoms with van der Waals surface area (Å²) in [5.74, 6) is 1.43. The molecular formula is C10H14ClNO. The van der Waals surface area contributed by atoms with E-state index in [1.54, 1.807) is 0 Å². The van der Waals surface area contributed by atoms with Crippen LogP contribution in [0.25, 0.3) is 0 Å². The summed E-state index contributed by atoms with van der Waals surface area (Å²) in [7, 11) is 0. The fourth-order valence-electron chi connectivity index (χ4n) is 1.99. The zero-order valence-electron chi connectivity index (χ0n) is 7.85. The van der Waals surface area contributed by atoms with Gasteiger partial charge in [0.25, 0.3) is 0 Å². The highest BCUT2D eigenvalue weighted by atomic mass is 35.5. The van der Waals surface area contributed by atoms with Gasteiger partial charge in [0.15, 0.2) is 5.76 Å². The van der Waals surface area contributed by atoms with Gasteiger partial charge in [0, 0.05) is 5.92 Å². The topological polar surface area (TPSA) is 26.0 Å². The second kappa shape index (κ2) is 3.70. The molecule has 0 spiro atoms. The Morgan fingerprint density at radius 3 is 2.54 bits per heavy atom. The first-order valence-corrected chi connectivity index (χ1v) is 5.28. The lowest BCUT2D eigenvalue weighted by Gasteiger charge is -2.18. The van der Waals surface area contributed by atoms with Gasteiger partial charge in [-0.3, -0.25) is 0 Å². The molecule has 2 nitrogen and oxygen atoms in total. The van der Waals surface area contributed by atoms with Crippen LogP contribution in [0, 0.1) is 6.92 Å². The molecule has 0 unspecified atom stereocenters. The Labute approximate surface area is 83.2 Å². The van der Waals surface area contributed by atoms with E-state index in [1.165, 1.54) is 32.1 Å². The number of aromatic nitrogens is 1. The highest BCUT2D eigenvalue weighted by molar-refractivity contribution is 6.31. The van der Waals surface area contributed by atoms with Gasteiger partial charge in [0.2, 0.25) is 0 Å². The van der Waals surface area contributed by atoms with Crippen molar-refractivity contribution < 1.29 is 4.52 Å². The van der Waals surface area contributed by atoms with Crippen molar-refractivity contribution in [3.05, 3.63) is 16.5 Å². The summed E-state index contributed by atoms with van der Waals surface area (Å²) in [4.78, 5) is 0. The Hall–Kier alpha value is -0.500. The number of aryl methyl sites for hydroxylation is 1. The number of halogens is 1. The van der Waals surface area contributed by atoms with Crippen LogP contribution in [0.15, 0.2) is 4.52 Å². The van der Waals surface area contributed by atoms with Crippen molar-refractivity contribution in [2.45, 2.75) is 44.9 Å². The summed E-state index contributed by atoms with van der Waals surface area (Å²) in [6.45, 7) is 1.89. The number of nitrogens with zero attached hydrogens (tertiary/aromatic N) is 1. The van der Waals surface area contributed by atoms with Gasteiger partial charge < -0.3 is 4.52 Å². The molecule has 0 bridgehead atoms. The lowest BCUT2D eigenvalue weighted by atomic mass is 9.87. The maximum atomic E-state index is 6.09. The molecule has 1 aromatic heterocycles. The maximum Gasteiger partial charge on any atom is 0.158 e. The van der Waals surface area contributed by atoms with Gasteiger partial charge in [-0.15, -0.1) is 0 Å². The fraction of sp³-hybridized carbons (Fsp3) is 0.700. The molecule has 1 aliphatic carbocycles. The standard InChI is InChI=1S/C10H14ClNO/c1-7-9(11)10(13-12-7)8-5-3-2-4-6-8/h8H,2-6H2,1H3. The molecule has 1 heterocycles. The van der Waals surface area contributed by atoms with E-state index in [4.69, 9.17) is 16.1 Å². The van der Waals surface area contributed by atoms with Crippen molar-refractivity contribution in [3.8, 4) is 0 Å². The predicted molar refractivity (Wildman–Crippen MR) is 52.1 cm³/mol. The molecule has 0 N–H and O–H groups in total. The SMILES string of the molecule is Cc1noc(C2CCCCC2)c1Cl. The molecule has 2 rings (SSSR count). The van der Waals surface area contributed by atoms with E-state index in [0.29, 0.717) is 5.92 Å². The van der Waals surface area contributed by atoms with Gasteiger partial charge in [-0.05, 0) is 19.8 Å². The quantitative estimate of drug-likeness (QED) is 0.690. The molecule has 0 amide bonds. The van der Waals surface area contributed by atoms with Crippen LogP contribution in [0.1, 0.15) is 49.5 Å². The van der Waals surface area contributed by atoms with E-state index >= 15 is 0 Å². The average molecular weight is 200 g/mol. The molecule has 72 valence electrons. The van der Waals surface area contributed by atoms with E-state index in [0.717, 1.165) is 16.5 Å². The van der Waals surface area contributed by atoms with Gasteiger partial charge in [-0.2, -0.15) is 0 Å². The van der Waals surface area contributed by atoms with E-state index in [9.17, 15) is 0 Å². The lowest BCUT2D eigenvalue weighted by molar-refractivity contribution is 0.320. The van der Waals surface area contributed by atoms with Crippen LogP contribution >= 0.6 is 11.6 Å². The molecule has 13 heavy (non-hydrogen) atoms. The maximum absolute atomic E-state index is 6.09. The molecule has 0 atom stereocenters. The molecule has 1 fully saturated rings. The smallest absolute Gasteiger partial charge is 0.158 e. The molecule has 1 saturated carbocycles.